The van der Waals surface area contributed by atoms with E-state index in [0.29, 0.717) is 13.0 Å². The van der Waals surface area contributed by atoms with Crippen LogP contribution in [0.2, 0.25) is 0 Å². The Labute approximate surface area is 99.6 Å². The smallest absolute Gasteiger partial charge is 0.317 e. The quantitative estimate of drug-likeness (QED) is 0.726. The number of nitrogens with zero attached hydrogens (tertiary/aromatic N) is 1. The van der Waals surface area contributed by atoms with Gasteiger partial charge in [-0.1, -0.05) is 0 Å². The van der Waals surface area contributed by atoms with E-state index < -0.39 is 5.97 Å². The zero-order chi connectivity index (χ0) is 12.0. The van der Waals surface area contributed by atoms with Gasteiger partial charge >= 0.3 is 12.0 Å². The Bertz CT molecular complexity index is 260. The molecule has 0 bridgehead atoms. The lowest BCUT2D eigenvalue weighted by atomic mass is 10.3. The molecule has 16 heavy (non-hydrogen) atoms. The maximum Gasteiger partial charge on any atom is 0.317 e. The Morgan fingerprint density at radius 2 is 2.31 bits per heavy atom. The second-order valence-corrected chi connectivity index (χ2v) is 5.00. The van der Waals surface area contributed by atoms with Gasteiger partial charge in [-0.15, -0.1) is 0 Å². The van der Waals surface area contributed by atoms with E-state index in [1.54, 1.807) is 0 Å². The van der Waals surface area contributed by atoms with E-state index in [-0.39, 0.29) is 18.5 Å². The molecule has 6 heteroatoms. The highest BCUT2D eigenvalue weighted by molar-refractivity contribution is 7.99. The second-order valence-electron chi connectivity index (χ2n) is 3.85. The molecule has 0 saturated carbocycles. The van der Waals surface area contributed by atoms with Crippen LogP contribution < -0.4 is 5.32 Å². The van der Waals surface area contributed by atoms with Crippen LogP contribution in [0.25, 0.3) is 0 Å². The molecular weight excluding hydrogens is 228 g/mol. The van der Waals surface area contributed by atoms with Gasteiger partial charge in [0.05, 0.1) is 0 Å². The topological polar surface area (TPSA) is 69.6 Å². The van der Waals surface area contributed by atoms with Crippen LogP contribution in [0.4, 0.5) is 4.79 Å². The van der Waals surface area contributed by atoms with Crippen molar-refractivity contribution in [1.29, 1.82) is 0 Å². The molecule has 1 unspecified atom stereocenters. The van der Waals surface area contributed by atoms with Gasteiger partial charge in [-0.3, -0.25) is 4.79 Å². The van der Waals surface area contributed by atoms with Gasteiger partial charge in [0.2, 0.25) is 0 Å². The molecule has 0 aromatic heterocycles. The fourth-order valence-electron chi connectivity index (χ4n) is 1.57. The van der Waals surface area contributed by atoms with Gasteiger partial charge < -0.3 is 15.3 Å². The van der Waals surface area contributed by atoms with Gasteiger partial charge in [-0.2, -0.15) is 11.8 Å². The first-order chi connectivity index (χ1) is 7.61. The predicted octanol–water partition coefficient (Wildman–Crippen LogP) is 0.998. The molecule has 5 nitrogen and oxygen atoms in total. The van der Waals surface area contributed by atoms with Gasteiger partial charge in [-0.25, -0.2) is 4.79 Å². The number of carboxylic acids is 1. The predicted molar refractivity (Wildman–Crippen MR) is 63.8 cm³/mol. The van der Waals surface area contributed by atoms with E-state index in [0.717, 1.165) is 18.1 Å². The van der Waals surface area contributed by atoms with Gasteiger partial charge in [0.25, 0.3) is 0 Å². The third-order valence-corrected chi connectivity index (χ3v) is 3.66. The van der Waals surface area contributed by atoms with E-state index in [1.165, 1.54) is 0 Å². The van der Waals surface area contributed by atoms with E-state index in [9.17, 15) is 9.59 Å². The van der Waals surface area contributed by atoms with Crippen LogP contribution in [0.3, 0.4) is 0 Å². The number of urea groups is 1. The summed E-state index contributed by atoms with van der Waals surface area (Å²) in [5.74, 6) is 1.13. The Hall–Kier alpha value is -0.910. The molecule has 1 aliphatic heterocycles. The van der Waals surface area contributed by atoms with E-state index in [2.05, 4.69) is 5.32 Å². The monoisotopic (exact) mass is 246 g/mol. The van der Waals surface area contributed by atoms with Crippen LogP contribution in [0.5, 0.6) is 0 Å². The van der Waals surface area contributed by atoms with Crippen molar-refractivity contribution in [2.24, 2.45) is 0 Å². The molecule has 1 rings (SSSR count). The summed E-state index contributed by atoms with van der Waals surface area (Å²) in [4.78, 5) is 23.8. The van der Waals surface area contributed by atoms with Crippen LogP contribution >= 0.6 is 11.8 Å². The number of thioether (sulfide) groups is 1. The molecule has 0 spiro atoms. The lowest BCUT2D eigenvalue weighted by Gasteiger charge is -2.33. The highest BCUT2D eigenvalue weighted by Crippen LogP contribution is 2.15. The molecular formula is C10H18N2O3S. The van der Waals surface area contributed by atoms with Crippen molar-refractivity contribution in [3.8, 4) is 0 Å². The minimum absolute atomic E-state index is 0.0711. The summed E-state index contributed by atoms with van der Waals surface area (Å²) >= 11 is 1.86. The fourth-order valence-corrected chi connectivity index (χ4v) is 2.58. The number of hydrogen-bond donors (Lipinski definition) is 2. The van der Waals surface area contributed by atoms with Crippen molar-refractivity contribution in [3.05, 3.63) is 0 Å². The number of nitrogens with one attached hydrogen (secondary N) is 1. The molecule has 1 heterocycles. The first-order valence-corrected chi connectivity index (χ1v) is 6.60. The molecule has 92 valence electrons. The van der Waals surface area contributed by atoms with Crippen LogP contribution in [-0.2, 0) is 4.79 Å². The Balaban J connectivity index is 2.20. The largest absolute Gasteiger partial charge is 0.481 e. The third kappa shape index (κ3) is 4.30. The second kappa shape index (κ2) is 6.62. The minimum Gasteiger partial charge on any atom is -0.481 e. The summed E-state index contributed by atoms with van der Waals surface area (Å²) in [5.41, 5.74) is 0. The number of amides is 2. The molecule has 0 radical (unpaired) electrons. The number of rotatable bonds is 4. The summed E-state index contributed by atoms with van der Waals surface area (Å²) in [5, 5.41) is 11.2. The van der Waals surface area contributed by atoms with Crippen molar-refractivity contribution in [3.63, 3.8) is 0 Å². The van der Waals surface area contributed by atoms with E-state index >= 15 is 0 Å². The number of carbonyl (C=O) groups is 2. The van der Waals surface area contributed by atoms with E-state index in [1.807, 2.05) is 23.6 Å². The van der Waals surface area contributed by atoms with Crippen LogP contribution in [0, 0.1) is 0 Å². The van der Waals surface area contributed by atoms with Crippen molar-refractivity contribution < 1.29 is 14.7 Å². The Morgan fingerprint density at radius 3 is 2.94 bits per heavy atom. The lowest BCUT2D eigenvalue weighted by Crippen LogP contribution is -2.49. The van der Waals surface area contributed by atoms with Crippen LogP contribution in [0.15, 0.2) is 0 Å². The Morgan fingerprint density at radius 1 is 1.56 bits per heavy atom. The summed E-state index contributed by atoms with van der Waals surface area (Å²) in [6.45, 7) is 3.24. The number of carboxylic acid groups (broad SMARTS) is 1. The summed E-state index contributed by atoms with van der Waals surface area (Å²) in [7, 11) is 0. The molecule has 1 atom stereocenters. The first kappa shape index (κ1) is 13.2. The zero-order valence-corrected chi connectivity index (χ0v) is 10.3. The molecule has 2 amide bonds. The normalized spacial score (nSPS) is 20.6. The van der Waals surface area contributed by atoms with Crippen molar-refractivity contribution in [2.45, 2.75) is 25.8 Å². The molecule has 1 aliphatic rings. The van der Waals surface area contributed by atoms with Crippen molar-refractivity contribution >= 4 is 23.8 Å². The summed E-state index contributed by atoms with van der Waals surface area (Å²) in [6.07, 6.45) is 0.587. The molecule has 0 aromatic carbocycles. The average molecular weight is 246 g/mol. The molecule has 0 aliphatic carbocycles. The molecule has 0 aromatic rings. The fraction of sp³-hybridized carbons (Fsp3) is 0.800. The SMILES string of the molecule is CC1CSCCN1C(=O)NCCCC(=O)O. The maximum absolute atomic E-state index is 11.7. The molecule has 1 fully saturated rings. The standard InChI is InChI=1S/C10H18N2O3S/c1-8-7-16-6-5-12(8)10(15)11-4-2-3-9(13)14/h8H,2-7H2,1H3,(H,11,15)(H,13,14). The highest BCUT2D eigenvalue weighted by Gasteiger charge is 2.22. The van der Waals surface area contributed by atoms with E-state index in [4.69, 9.17) is 5.11 Å². The van der Waals surface area contributed by atoms with Crippen LogP contribution in [0.1, 0.15) is 19.8 Å². The third-order valence-electron chi connectivity index (χ3n) is 2.47. The first-order valence-electron chi connectivity index (χ1n) is 5.45. The highest BCUT2D eigenvalue weighted by atomic mass is 32.2. The maximum atomic E-state index is 11.7. The van der Waals surface area contributed by atoms with Gasteiger partial charge in [-0.05, 0) is 13.3 Å². The number of hydrogen-bond acceptors (Lipinski definition) is 3. The van der Waals surface area contributed by atoms with Gasteiger partial charge in [0.1, 0.15) is 0 Å². The summed E-state index contributed by atoms with van der Waals surface area (Å²) in [6, 6.07) is 0.191. The lowest BCUT2D eigenvalue weighted by molar-refractivity contribution is -0.137. The van der Waals surface area contributed by atoms with Gasteiger partial charge in [0.15, 0.2) is 0 Å². The van der Waals surface area contributed by atoms with Crippen LogP contribution in [-0.4, -0.2) is 52.6 Å². The number of carbonyl (C=O) groups excluding carboxylic acids is 1. The molecule has 2 N–H and O–H groups in total. The summed E-state index contributed by atoms with van der Waals surface area (Å²) < 4.78 is 0. The van der Waals surface area contributed by atoms with Gasteiger partial charge in [0, 0.05) is 37.1 Å². The minimum atomic E-state index is -0.822. The zero-order valence-electron chi connectivity index (χ0n) is 9.44. The Kier molecular flexibility index (Phi) is 5.45. The van der Waals surface area contributed by atoms with Crippen molar-refractivity contribution in [1.82, 2.24) is 10.2 Å². The van der Waals surface area contributed by atoms with Crippen molar-refractivity contribution in [2.75, 3.05) is 24.6 Å². The average Bonchev–Trinajstić information content (AvgIpc) is 2.24. The number of aliphatic carboxylic acids is 1. The molecule has 1 saturated heterocycles.